The third-order valence-electron chi connectivity index (χ3n) is 5.31. The monoisotopic (exact) mass is 441 g/mol. The van der Waals surface area contributed by atoms with Gasteiger partial charge in [0.1, 0.15) is 24.4 Å². The summed E-state index contributed by atoms with van der Waals surface area (Å²) in [5.74, 6) is 0.615. The minimum absolute atomic E-state index is 0.288. The van der Waals surface area contributed by atoms with Crippen LogP contribution in [0, 0.1) is 5.92 Å². The van der Waals surface area contributed by atoms with Crippen LogP contribution in [0.25, 0.3) is 0 Å². The van der Waals surface area contributed by atoms with E-state index in [9.17, 15) is 25.5 Å². The Balaban J connectivity index is 2.15. The Kier molecular flexibility index (Phi) is 10.5. The molecular weight excluding hydrogens is 406 g/mol. The highest BCUT2D eigenvalue weighted by molar-refractivity contribution is 7.99. The van der Waals surface area contributed by atoms with Crippen LogP contribution in [0.4, 0.5) is 0 Å². The van der Waals surface area contributed by atoms with Gasteiger partial charge in [0, 0.05) is 30.6 Å². The van der Waals surface area contributed by atoms with Crippen molar-refractivity contribution in [2.75, 3.05) is 31.3 Å². The Morgan fingerprint density at radius 2 is 1.59 bits per heavy atom. The smallest absolute Gasteiger partial charge is 0.187 e. The van der Waals surface area contributed by atoms with Gasteiger partial charge in [0.25, 0.3) is 0 Å². The maximum Gasteiger partial charge on any atom is 0.187 e. The third-order valence-corrected chi connectivity index (χ3v) is 6.40. The van der Waals surface area contributed by atoms with Crippen LogP contribution in [0.15, 0.2) is 0 Å². The van der Waals surface area contributed by atoms with Crippen LogP contribution in [-0.4, -0.2) is 112 Å². The Bertz CT molecular complexity index is 475. The average Bonchev–Trinajstić information content (AvgIpc) is 2.71. The summed E-state index contributed by atoms with van der Waals surface area (Å²) in [6.07, 6.45) is -9.54. The lowest BCUT2D eigenvalue weighted by molar-refractivity contribution is -0.351. The van der Waals surface area contributed by atoms with E-state index in [2.05, 4.69) is 0 Å². The van der Waals surface area contributed by atoms with Crippen LogP contribution in [0.1, 0.15) is 20.3 Å². The molecule has 11 heteroatoms. The van der Waals surface area contributed by atoms with E-state index in [4.69, 9.17) is 24.7 Å². The fourth-order valence-electron chi connectivity index (χ4n) is 3.73. The molecule has 0 saturated carbocycles. The summed E-state index contributed by atoms with van der Waals surface area (Å²) in [5.41, 5.74) is 5.53. The second-order valence-corrected chi connectivity index (χ2v) is 8.37. The third kappa shape index (κ3) is 6.01. The van der Waals surface area contributed by atoms with Gasteiger partial charge in [-0.1, -0.05) is 6.92 Å². The van der Waals surface area contributed by atoms with Gasteiger partial charge in [-0.2, -0.15) is 11.8 Å². The molecule has 172 valence electrons. The Morgan fingerprint density at radius 3 is 2.17 bits per heavy atom. The lowest BCUT2D eigenvalue weighted by atomic mass is 9.87. The maximum atomic E-state index is 10.6. The first-order chi connectivity index (χ1) is 13.9. The van der Waals surface area contributed by atoms with E-state index in [1.165, 1.54) is 11.8 Å². The van der Waals surface area contributed by atoms with Crippen LogP contribution >= 0.6 is 11.8 Å². The quantitative estimate of drug-likeness (QED) is 0.208. The van der Waals surface area contributed by atoms with E-state index >= 15 is 0 Å². The van der Waals surface area contributed by atoms with E-state index in [0.717, 1.165) is 0 Å². The number of rotatable bonds is 10. The highest BCUT2D eigenvalue weighted by Gasteiger charge is 2.50. The number of hydrogen-bond acceptors (Lipinski definition) is 11. The van der Waals surface area contributed by atoms with Crippen LogP contribution in [0.3, 0.4) is 0 Å². The molecule has 0 spiro atoms. The summed E-state index contributed by atoms with van der Waals surface area (Å²) >= 11 is 1.49. The number of hydrogen-bond donors (Lipinski definition) is 6. The Morgan fingerprint density at radius 1 is 0.931 bits per heavy atom. The van der Waals surface area contributed by atoms with Crippen molar-refractivity contribution in [3.63, 3.8) is 0 Å². The molecule has 10 atom stereocenters. The molecule has 29 heavy (non-hydrogen) atoms. The minimum atomic E-state index is -1.38. The largest absolute Gasteiger partial charge is 0.394 e. The van der Waals surface area contributed by atoms with Gasteiger partial charge in [0.2, 0.25) is 0 Å². The van der Waals surface area contributed by atoms with Crippen LogP contribution in [0.5, 0.6) is 0 Å². The molecule has 2 aliphatic rings. The zero-order valence-electron chi connectivity index (χ0n) is 16.9. The number of thioether (sulfide) groups is 1. The summed E-state index contributed by atoms with van der Waals surface area (Å²) in [6, 6.07) is 0. The van der Waals surface area contributed by atoms with E-state index in [1.807, 2.05) is 6.92 Å². The average molecular weight is 442 g/mol. The van der Waals surface area contributed by atoms with Gasteiger partial charge in [-0.25, -0.2) is 0 Å². The number of nitrogens with two attached hydrogens (primary N) is 1. The van der Waals surface area contributed by atoms with Crippen LogP contribution in [0.2, 0.25) is 0 Å². The summed E-state index contributed by atoms with van der Waals surface area (Å²) in [4.78, 5) is 0. The Hall–Kier alpha value is -0.0500. The summed E-state index contributed by atoms with van der Waals surface area (Å²) in [5, 5.41) is 51.5. The van der Waals surface area contributed by atoms with Gasteiger partial charge in [0.05, 0.1) is 24.9 Å². The molecule has 0 amide bonds. The van der Waals surface area contributed by atoms with Crippen molar-refractivity contribution in [2.24, 2.45) is 11.7 Å². The first-order valence-electron chi connectivity index (χ1n) is 10.1. The van der Waals surface area contributed by atoms with Gasteiger partial charge in [-0.3, -0.25) is 0 Å². The second kappa shape index (κ2) is 12.1. The molecule has 0 aromatic rings. The summed E-state index contributed by atoms with van der Waals surface area (Å²) in [7, 11) is 0. The second-order valence-electron chi connectivity index (χ2n) is 7.22. The minimum Gasteiger partial charge on any atom is -0.394 e. The zero-order chi connectivity index (χ0) is 21.6. The van der Waals surface area contributed by atoms with Gasteiger partial charge in [-0.05, 0) is 13.3 Å². The lowest BCUT2D eigenvalue weighted by Gasteiger charge is -2.47. The zero-order valence-corrected chi connectivity index (χ0v) is 17.7. The topological polar surface area (TPSA) is 164 Å². The summed E-state index contributed by atoms with van der Waals surface area (Å²) < 4.78 is 22.6. The number of aliphatic hydroxyl groups excluding tert-OH is 5. The standard InChI is InChI=1S/C18H35NO9S/c1-3-9-10(7-20)26-18(14(23)12(9)21)28-16-11(8-29-6-5-19)27-17(25-4-2)15(24)13(16)22/h9-18,20-24H,3-8,19H2,1-2H3/t9?,10?,11?,12-,13+,14?,15?,16?,17-,18+/m0/s1. The van der Waals surface area contributed by atoms with Crippen LogP contribution < -0.4 is 5.73 Å². The van der Waals surface area contributed by atoms with Crippen molar-refractivity contribution in [1.29, 1.82) is 0 Å². The van der Waals surface area contributed by atoms with Crippen molar-refractivity contribution in [1.82, 2.24) is 0 Å². The predicted octanol–water partition coefficient (Wildman–Crippen LogP) is -1.99. The molecule has 10 nitrogen and oxygen atoms in total. The predicted molar refractivity (Wildman–Crippen MR) is 105 cm³/mol. The van der Waals surface area contributed by atoms with Gasteiger partial charge in [-0.15, -0.1) is 0 Å². The lowest BCUT2D eigenvalue weighted by Crippen LogP contribution is -2.63. The molecule has 0 aromatic heterocycles. The maximum absolute atomic E-state index is 10.6. The molecule has 0 radical (unpaired) electrons. The van der Waals surface area contributed by atoms with E-state index in [-0.39, 0.29) is 13.2 Å². The fourth-order valence-corrected chi connectivity index (χ4v) is 4.56. The molecule has 0 bridgehead atoms. The summed E-state index contributed by atoms with van der Waals surface area (Å²) in [6.45, 7) is 3.97. The first-order valence-corrected chi connectivity index (χ1v) is 11.2. The molecule has 2 saturated heterocycles. The van der Waals surface area contributed by atoms with Crippen molar-refractivity contribution in [3.8, 4) is 0 Å². The number of aliphatic hydroxyl groups is 5. The fraction of sp³-hybridized carbons (Fsp3) is 1.00. The van der Waals surface area contributed by atoms with Crippen molar-refractivity contribution < 1.29 is 44.5 Å². The number of ether oxygens (including phenoxy) is 4. The van der Waals surface area contributed by atoms with Crippen LogP contribution in [-0.2, 0) is 18.9 Å². The SMILES string of the molecule is CCO[C@H]1OC(CSCCN)C(O[C@H]2OC(CO)C(CC)[C@H](O)C2O)[C@H](O)C1O. The van der Waals surface area contributed by atoms with Gasteiger partial charge >= 0.3 is 0 Å². The molecule has 2 fully saturated rings. The van der Waals surface area contributed by atoms with E-state index in [0.29, 0.717) is 24.5 Å². The first kappa shape index (κ1) is 25.2. The molecule has 2 aliphatic heterocycles. The van der Waals surface area contributed by atoms with Crippen molar-refractivity contribution >= 4 is 11.8 Å². The molecule has 2 heterocycles. The molecule has 2 rings (SSSR count). The van der Waals surface area contributed by atoms with Gasteiger partial charge in [0.15, 0.2) is 12.6 Å². The molecule has 7 N–H and O–H groups in total. The molecule has 6 unspecified atom stereocenters. The molecular formula is C18H35NO9S. The molecule has 0 aliphatic carbocycles. The highest BCUT2D eigenvalue weighted by Crippen LogP contribution is 2.33. The van der Waals surface area contributed by atoms with E-state index in [1.54, 1.807) is 6.92 Å². The molecule has 0 aromatic carbocycles. The van der Waals surface area contributed by atoms with Gasteiger partial charge < -0.3 is 50.2 Å². The van der Waals surface area contributed by atoms with Crippen molar-refractivity contribution in [2.45, 2.75) is 75.6 Å². The normalized spacial score (nSPS) is 43.4. The Labute approximate surface area is 175 Å². The van der Waals surface area contributed by atoms with Crippen molar-refractivity contribution in [3.05, 3.63) is 0 Å². The highest BCUT2D eigenvalue weighted by atomic mass is 32.2. The van der Waals surface area contributed by atoms with E-state index < -0.39 is 61.2 Å².